The summed E-state index contributed by atoms with van der Waals surface area (Å²) in [6.45, 7) is 3.59. The third-order valence-electron chi connectivity index (χ3n) is 3.15. The second-order valence-electron chi connectivity index (χ2n) is 4.51. The number of nitrogens with one attached hydrogen (secondary N) is 1. The van der Waals surface area contributed by atoms with Gasteiger partial charge in [-0.25, -0.2) is 4.39 Å². The van der Waals surface area contributed by atoms with E-state index in [0.717, 1.165) is 0 Å². The van der Waals surface area contributed by atoms with Crippen molar-refractivity contribution in [3.63, 3.8) is 0 Å². The minimum atomic E-state index is -0.213. The minimum absolute atomic E-state index is 0.129. The van der Waals surface area contributed by atoms with Crippen LogP contribution in [0.1, 0.15) is 12.0 Å². The van der Waals surface area contributed by atoms with Crippen LogP contribution in [0.15, 0.2) is 24.3 Å². The lowest BCUT2D eigenvalue weighted by molar-refractivity contribution is -0.135. The summed E-state index contributed by atoms with van der Waals surface area (Å²) in [5.41, 5.74) is 0.626. The molecule has 1 saturated heterocycles. The van der Waals surface area contributed by atoms with Crippen molar-refractivity contribution < 1.29 is 13.9 Å². The van der Waals surface area contributed by atoms with Crippen LogP contribution in [0.25, 0.3) is 0 Å². The lowest BCUT2D eigenvalue weighted by Crippen LogP contribution is -2.41. The van der Waals surface area contributed by atoms with Gasteiger partial charge in [0.15, 0.2) is 0 Å². The first-order chi connectivity index (χ1) is 9.27. The molecule has 1 aromatic rings. The number of carbonyl (C=O) groups is 1. The molecule has 2 rings (SSSR count). The highest BCUT2D eigenvalue weighted by molar-refractivity contribution is 5.76. The summed E-state index contributed by atoms with van der Waals surface area (Å²) in [6, 6.07) is 6.65. The van der Waals surface area contributed by atoms with E-state index in [9.17, 15) is 9.18 Å². The molecular formula is C14H19FN2O2. The summed E-state index contributed by atoms with van der Waals surface area (Å²) in [7, 11) is 0. The van der Waals surface area contributed by atoms with Crippen LogP contribution in [0.3, 0.4) is 0 Å². The molecule has 5 heteroatoms. The third kappa shape index (κ3) is 4.29. The van der Waals surface area contributed by atoms with Gasteiger partial charge in [0.05, 0.1) is 13.2 Å². The van der Waals surface area contributed by atoms with E-state index >= 15 is 0 Å². The molecule has 0 atom stereocenters. The van der Waals surface area contributed by atoms with Crippen LogP contribution < -0.4 is 5.32 Å². The summed E-state index contributed by atoms with van der Waals surface area (Å²) in [5.74, 6) is -0.0844. The number of rotatable bonds is 5. The predicted octanol–water partition coefficient (Wildman–Crippen LogP) is 1.16. The van der Waals surface area contributed by atoms with Crippen molar-refractivity contribution in [2.75, 3.05) is 32.8 Å². The van der Waals surface area contributed by atoms with Gasteiger partial charge in [-0.05, 0) is 6.07 Å². The molecule has 0 radical (unpaired) electrons. The largest absolute Gasteiger partial charge is 0.378 e. The fourth-order valence-electron chi connectivity index (χ4n) is 2.03. The molecule has 0 bridgehead atoms. The van der Waals surface area contributed by atoms with Gasteiger partial charge in [0.25, 0.3) is 0 Å². The van der Waals surface area contributed by atoms with Crippen LogP contribution in [0.5, 0.6) is 0 Å². The quantitative estimate of drug-likeness (QED) is 0.813. The summed E-state index contributed by atoms with van der Waals surface area (Å²) in [6.07, 6.45) is 0.439. The van der Waals surface area contributed by atoms with Crippen LogP contribution >= 0.6 is 0 Å². The smallest absolute Gasteiger partial charge is 0.224 e. The Bertz CT molecular complexity index is 420. The summed E-state index contributed by atoms with van der Waals surface area (Å²) < 4.78 is 18.5. The highest BCUT2D eigenvalue weighted by atomic mass is 19.1. The second-order valence-corrected chi connectivity index (χ2v) is 4.51. The minimum Gasteiger partial charge on any atom is -0.378 e. The normalized spacial score (nSPS) is 15.5. The molecule has 1 aliphatic heterocycles. The molecule has 19 heavy (non-hydrogen) atoms. The number of halogens is 1. The maximum Gasteiger partial charge on any atom is 0.224 e. The lowest BCUT2D eigenvalue weighted by atomic mass is 10.2. The molecule has 1 aromatic carbocycles. The van der Waals surface area contributed by atoms with E-state index in [1.54, 1.807) is 18.2 Å². The Morgan fingerprint density at radius 1 is 1.32 bits per heavy atom. The Kier molecular flexibility index (Phi) is 5.30. The fraction of sp³-hybridized carbons (Fsp3) is 0.500. The number of hydrogen-bond donors (Lipinski definition) is 1. The first-order valence-electron chi connectivity index (χ1n) is 6.57. The monoisotopic (exact) mass is 266 g/mol. The second kappa shape index (κ2) is 7.21. The molecule has 1 heterocycles. The van der Waals surface area contributed by atoms with Gasteiger partial charge < -0.3 is 15.0 Å². The standard InChI is InChI=1S/C14H19FN2O2/c15-13-4-2-1-3-12(13)11-16-6-5-14(18)17-7-9-19-10-8-17/h1-4,16H,5-11H2. The number of carbonyl (C=O) groups excluding carboxylic acids is 1. The molecule has 0 unspecified atom stereocenters. The molecule has 1 amide bonds. The number of hydrogen-bond acceptors (Lipinski definition) is 3. The van der Waals surface area contributed by atoms with Gasteiger partial charge in [0.1, 0.15) is 5.82 Å². The van der Waals surface area contributed by atoms with Crippen molar-refractivity contribution in [2.24, 2.45) is 0 Å². The molecule has 0 spiro atoms. The molecule has 4 nitrogen and oxygen atoms in total. The molecule has 1 fully saturated rings. The van der Waals surface area contributed by atoms with Crippen LogP contribution in [0.4, 0.5) is 4.39 Å². The van der Waals surface area contributed by atoms with Gasteiger partial charge in [0, 0.05) is 38.2 Å². The zero-order chi connectivity index (χ0) is 13.5. The Hall–Kier alpha value is -1.46. The van der Waals surface area contributed by atoms with E-state index in [-0.39, 0.29) is 11.7 Å². The zero-order valence-corrected chi connectivity index (χ0v) is 10.9. The van der Waals surface area contributed by atoms with E-state index < -0.39 is 0 Å². The summed E-state index contributed by atoms with van der Waals surface area (Å²) in [5, 5.41) is 3.09. The molecule has 0 saturated carbocycles. The van der Waals surface area contributed by atoms with Crippen molar-refractivity contribution in [3.8, 4) is 0 Å². The Morgan fingerprint density at radius 3 is 2.79 bits per heavy atom. The van der Waals surface area contributed by atoms with E-state index in [1.807, 2.05) is 4.90 Å². The number of amides is 1. The molecular weight excluding hydrogens is 247 g/mol. The molecule has 104 valence electrons. The summed E-state index contributed by atoms with van der Waals surface area (Å²) in [4.78, 5) is 13.6. The fourth-order valence-corrected chi connectivity index (χ4v) is 2.03. The number of morpholine rings is 1. The maximum absolute atomic E-state index is 13.3. The van der Waals surface area contributed by atoms with Crippen molar-refractivity contribution in [2.45, 2.75) is 13.0 Å². The first kappa shape index (κ1) is 14.0. The maximum atomic E-state index is 13.3. The van der Waals surface area contributed by atoms with Crippen molar-refractivity contribution in [1.29, 1.82) is 0 Å². The van der Waals surface area contributed by atoms with Gasteiger partial charge in [-0.3, -0.25) is 4.79 Å². The van der Waals surface area contributed by atoms with Crippen molar-refractivity contribution >= 4 is 5.91 Å². The van der Waals surface area contributed by atoms with E-state index in [2.05, 4.69) is 5.32 Å². The van der Waals surface area contributed by atoms with Crippen molar-refractivity contribution in [3.05, 3.63) is 35.6 Å². The lowest BCUT2D eigenvalue weighted by Gasteiger charge is -2.26. The highest BCUT2D eigenvalue weighted by Crippen LogP contribution is 2.05. The number of nitrogens with zero attached hydrogens (tertiary/aromatic N) is 1. The number of ether oxygens (including phenoxy) is 1. The van der Waals surface area contributed by atoms with Crippen LogP contribution in [0, 0.1) is 5.82 Å². The molecule has 0 aromatic heterocycles. The van der Waals surface area contributed by atoms with Gasteiger partial charge in [-0.1, -0.05) is 18.2 Å². The van der Waals surface area contributed by atoms with E-state index in [0.29, 0.717) is 51.4 Å². The van der Waals surface area contributed by atoms with Crippen LogP contribution in [-0.4, -0.2) is 43.7 Å². The molecule has 1 aliphatic rings. The van der Waals surface area contributed by atoms with Crippen LogP contribution in [-0.2, 0) is 16.1 Å². The first-order valence-corrected chi connectivity index (χ1v) is 6.57. The van der Waals surface area contributed by atoms with Gasteiger partial charge >= 0.3 is 0 Å². The van der Waals surface area contributed by atoms with Gasteiger partial charge in [-0.15, -0.1) is 0 Å². The Labute approximate surface area is 112 Å². The Balaban J connectivity index is 1.66. The van der Waals surface area contributed by atoms with Crippen LogP contribution in [0.2, 0.25) is 0 Å². The Morgan fingerprint density at radius 2 is 2.05 bits per heavy atom. The van der Waals surface area contributed by atoms with Gasteiger partial charge in [-0.2, -0.15) is 0 Å². The zero-order valence-electron chi connectivity index (χ0n) is 10.9. The molecule has 0 aliphatic carbocycles. The summed E-state index contributed by atoms with van der Waals surface area (Å²) >= 11 is 0. The van der Waals surface area contributed by atoms with E-state index in [1.165, 1.54) is 6.07 Å². The van der Waals surface area contributed by atoms with E-state index in [4.69, 9.17) is 4.74 Å². The molecule has 1 N–H and O–H groups in total. The van der Waals surface area contributed by atoms with Crippen molar-refractivity contribution in [1.82, 2.24) is 10.2 Å². The third-order valence-corrected chi connectivity index (χ3v) is 3.15. The average Bonchev–Trinajstić information content (AvgIpc) is 2.46. The SMILES string of the molecule is O=C(CCNCc1ccccc1F)N1CCOCC1. The predicted molar refractivity (Wildman–Crippen MR) is 70.1 cm³/mol. The van der Waals surface area contributed by atoms with Gasteiger partial charge in [0.2, 0.25) is 5.91 Å². The highest BCUT2D eigenvalue weighted by Gasteiger charge is 2.15. The average molecular weight is 266 g/mol. The topological polar surface area (TPSA) is 41.6 Å². The number of benzene rings is 1.